The van der Waals surface area contributed by atoms with E-state index in [2.05, 4.69) is 64.0 Å². The number of imidazole rings is 1. The molecule has 32 heavy (non-hydrogen) atoms. The lowest BCUT2D eigenvalue weighted by molar-refractivity contribution is 0.232. The van der Waals surface area contributed by atoms with E-state index in [1.807, 2.05) is 10.6 Å². The van der Waals surface area contributed by atoms with E-state index in [0.717, 1.165) is 48.6 Å². The van der Waals surface area contributed by atoms with Gasteiger partial charge in [0.05, 0.1) is 12.8 Å². The van der Waals surface area contributed by atoms with Gasteiger partial charge in [0.2, 0.25) is 0 Å². The van der Waals surface area contributed by atoms with Crippen LogP contribution in [-0.2, 0) is 0 Å². The van der Waals surface area contributed by atoms with Crippen molar-refractivity contribution in [2.45, 2.75) is 38.5 Å². The van der Waals surface area contributed by atoms with E-state index in [-0.39, 0.29) is 0 Å². The van der Waals surface area contributed by atoms with Crippen molar-refractivity contribution in [2.24, 2.45) is 0 Å². The maximum Gasteiger partial charge on any atom is 0.270 e. The van der Waals surface area contributed by atoms with Crippen LogP contribution in [0.2, 0.25) is 0 Å². The second-order valence-corrected chi connectivity index (χ2v) is 9.02. The second kappa shape index (κ2) is 8.33. The average Bonchev–Trinajstić information content (AvgIpc) is 3.43. The van der Waals surface area contributed by atoms with Gasteiger partial charge >= 0.3 is 0 Å². The predicted molar refractivity (Wildman–Crippen MR) is 128 cm³/mol. The zero-order chi connectivity index (χ0) is 22.2. The summed E-state index contributed by atoms with van der Waals surface area (Å²) in [5.41, 5.74) is 6.99. The molecule has 0 spiro atoms. The first-order chi connectivity index (χ1) is 15.6. The molecule has 0 amide bonds. The first-order valence-electron chi connectivity index (χ1n) is 11.3. The Hall–Kier alpha value is -3.30. The van der Waals surface area contributed by atoms with E-state index < -0.39 is 0 Å². The summed E-state index contributed by atoms with van der Waals surface area (Å²) in [5.74, 6) is 1.70. The molecule has 6 heteroatoms. The van der Waals surface area contributed by atoms with Gasteiger partial charge in [-0.05, 0) is 54.0 Å². The first-order valence-corrected chi connectivity index (χ1v) is 11.3. The lowest BCUT2D eigenvalue weighted by Gasteiger charge is -2.28. The lowest BCUT2D eigenvalue weighted by Crippen LogP contribution is -2.32. The number of fused-ring (bicyclic) bond motifs is 2. The molecule has 3 aromatic heterocycles. The summed E-state index contributed by atoms with van der Waals surface area (Å²) < 4.78 is 7.65. The SMILES string of the molecule is [C-]#[N+]CN1CCC(c2ccc3[nH]c(-c4cc(OC)c5nccn5c4)c(C(C)C)c3c2)CC1. The molecular formula is C26H29N5O. The number of piperidine rings is 1. The molecule has 0 atom stereocenters. The van der Waals surface area contributed by atoms with Crippen LogP contribution in [0.1, 0.15) is 49.7 Å². The Morgan fingerprint density at radius 2 is 2.06 bits per heavy atom. The van der Waals surface area contributed by atoms with Gasteiger partial charge in [0.1, 0.15) is 0 Å². The molecule has 4 heterocycles. The van der Waals surface area contributed by atoms with Crippen molar-refractivity contribution in [3.8, 4) is 17.0 Å². The normalized spacial score (nSPS) is 15.6. The van der Waals surface area contributed by atoms with Crippen molar-refractivity contribution in [1.82, 2.24) is 19.3 Å². The molecule has 0 radical (unpaired) electrons. The number of nitrogens with zero attached hydrogens (tertiary/aromatic N) is 4. The van der Waals surface area contributed by atoms with Crippen LogP contribution in [0.15, 0.2) is 42.9 Å². The number of methoxy groups -OCH3 is 1. The van der Waals surface area contributed by atoms with Crippen LogP contribution in [0.4, 0.5) is 0 Å². The molecule has 1 saturated heterocycles. The monoisotopic (exact) mass is 427 g/mol. The van der Waals surface area contributed by atoms with Crippen LogP contribution in [0.25, 0.3) is 32.7 Å². The topological polar surface area (TPSA) is 49.9 Å². The van der Waals surface area contributed by atoms with Gasteiger partial charge in [-0.2, -0.15) is 0 Å². The van der Waals surface area contributed by atoms with E-state index >= 15 is 0 Å². The number of rotatable bonds is 5. The number of pyridine rings is 1. The Kier molecular flexibility index (Phi) is 5.36. The number of hydrogen-bond acceptors (Lipinski definition) is 3. The molecule has 5 rings (SSSR count). The highest BCUT2D eigenvalue weighted by Gasteiger charge is 2.24. The smallest absolute Gasteiger partial charge is 0.270 e. The van der Waals surface area contributed by atoms with Crippen LogP contribution in [-0.4, -0.2) is 46.1 Å². The minimum Gasteiger partial charge on any atom is -0.493 e. The van der Waals surface area contributed by atoms with E-state index in [1.165, 1.54) is 22.0 Å². The number of hydrogen-bond donors (Lipinski definition) is 1. The third kappa shape index (κ3) is 3.53. The van der Waals surface area contributed by atoms with Crippen LogP contribution < -0.4 is 4.74 Å². The number of ether oxygens (including phenoxy) is 1. The molecule has 1 aliphatic rings. The van der Waals surface area contributed by atoms with E-state index in [9.17, 15) is 0 Å². The molecule has 0 unspecified atom stereocenters. The Bertz CT molecular complexity index is 1300. The number of aromatic amines is 1. The minimum absolute atomic E-state index is 0.374. The highest BCUT2D eigenvalue weighted by atomic mass is 16.5. The standard InChI is InChI=1S/C26H29N5O/c1-17(2)24-21-13-19(18-7-10-30(11-8-18)16-27-3)5-6-22(21)29-25(24)20-14-23(32-4)26-28-9-12-31(26)15-20/h5-6,9,12-15,17-18,29H,7-8,10-11,16H2,1-2,4H3. The zero-order valence-corrected chi connectivity index (χ0v) is 18.9. The Balaban J connectivity index is 1.57. The molecule has 6 nitrogen and oxygen atoms in total. The van der Waals surface area contributed by atoms with Gasteiger partial charge in [-0.3, -0.25) is 4.85 Å². The first kappa shape index (κ1) is 20.6. The van der Waals surface area contributed by atoms with Gasteiger partial charge in [-0.25, -0.2) is 16.5 Å². The number of nitrogens with one attached hydrogen (secondary N) is 1. The molecule has 0 saturated carbocycles. The summed E-state index contributed by atoms with van der Waals surface area (Å²) in [6, 6.07) is 8.99. The highest BCUT2D eigenvalue weighted by molar-refractivity contribution is 5.92. The van der Waals surface area contributed by atoms with Gasteiger partial charge in [0.15, 0.2) is 11.4 Å². The van der Waals surface area contributed by atoms with Crippen LogP contribution in [0.5, 0.6) is 5.75 Å². The fourth-order valence-electron chi connectivity index (χ4n) is 5.11. The van der Waals surface area contributed by atoms with Gasteiger partial charge in [-0.1, -0.05) is 19.9 Å². The van der Waals surface area contributed by atoms with E-state index in [0.29, 0.717) is 18.5 Å². The van der Waals surface area contributed by atoms with Gasteiger partial charge in [-0.15, -0.1) is 0 Å². The molecule has 1 aliphatic heterocycles. The molecule has 4 aromatic rings. The molecule has 0 aliphatic carbocycles. The largest absolute Gasteiger partial charge is 0.493 e. The van der Waals surface area contributed by atoms with Crippen molar-refractivity contribution < 1.29 is 4.74 Å². The summed E-state index contributed by atoms with van der Waals surface area (Å²) >= 11 is 0. The average molecular weight is 428 g/mol. The number of H-pyrrole nitrogens is 1. The molecule has 1 N–H and O–H groups in total. The van der Waals surface area contributed by atoms with Crippen molar-refractivity contribution >= 4 is 16.6 Å². The van der Waals surface area contributed by atoms with Crippen molar-refractivity contribution in [3.63, 3.8) is 0 Å². The van der Waals surface area contributed by atoms with Crippen LogP contribution >= 0.6 is 0 Å². The Morgan fingerprint density at radius 1 is 1.25 bits per heavy atom. The van der Waals surface area contributed by atoms with Crippen molar-refractivity contribution in [3.05, 3.63) is 65.4 Å². The Labute approximate surface area is 188 Å². The summed E-state index contributed by atoms with van der Waals surface area (Å²) in [4.78, 5) is 13.9. The second-order valence-electron chi connectivity index (χ2n) is 9.02. The number of aromatic nitrogens is 3. The summed E-state index contributed by atoms with van der Waals surface area (Å²) in [5, 5.41) is 1.31. The fraction of sp³-hybridized carbons (Fsp3) is 0.385. The third-order valence-corrected chi connectivity index (χ3v) is 6.73. The minimum atomic E-state index is 0.374. The van der Waals surface area contributed by atoms with Crippen molar-refractivity contribution in [1.29, 1.82) is 0 Å². The van der Waals surface area contributed by atoms with Gasteiger partial charge in [0, 0.05) is 48.1 Å². The fourth-order valence-corrected chi connectivity index (χ4v) is 5.11. The molecule has 1 aromatic carbocycles. The van der Waals surface area contributed by atoms with Crippen LogP contribution in [0.3, 0.4) is 0 Å². The summed E-state index contributed by atoms with van der Waals surface area (Å²) in [6.45, 7) is 14.2. The maximum atomic E-state index is 7.11. The third-order valence-electron chi connectivity index (χ3n) is 6.73. The highest BCUT2D eigenvalue weighted by Crippen LogP contribution is 2.39. The lowest BCUT2D eigenvalue weighted by atomic mass is 9.87. The van der Waals surface area contributed by atoms with Crippen molar-refractivity contribution in [2.75, 3.05) is 26.9 Å². The molecule has 164 valence electrons. The quantitative estimate of drug-likeness (QED) is 0.418. The van der Waals surface area contributed by atoms with E-state index in [1.54, 1.807) is 13.3 Å². The van der Waals surface area contributed by atoms with E-state index in [4.69, 9.17) is 11.3 Å². The molecule has 1 fully saturated rings. The number of benzene rings is 1. The number of likely N-dealkylation sites (tertiary alicyclic amines) is 1. The summed E-state index contributed by atoms with van der Waals surface area (Å²) in [7, 11) is 1.69. The van der Waals surface area contributed by atoms with Gasteiger partial charge < -0.3 is 14.1 Å². The predicted octanol–water partition coefficient (Wildman–Crippen LogP) is 5.67. The Morgan fingerprint density at radius 3 is 2.78 bits per heavy atom. The summed E-state index contributed by atoms with van der Waals surface area (Å²) in [6.07, 6.45) is 8.10. The van der Waals surface area contributed by atoms with Crippen LogP contribution in [0, 0.1) is 6.57 Å². The molecular weight excluding hydrogens is 398 g/mol. The van der Waals surface area contributed by atoms with Gasteiger partial charge in [0.25, 0.3) is 6.67 Å². The maximum absolute atomic E-state index is 7.11. The zero-order valence-electron chi connectivity index (χ0n) is 18.9. The molecule has 0 bridgehead atoms.